The number of likely N-dealkylation sites (tertiary alicyclic amines) is 1. The van der Waals surface area contributed by atoms with Gasteiger partial charge in [0, 0.05) is 32.0 Å². The molecule has 1 aromatic rings. The van der Waals surface area contributed by atoms with Gasteiger partial charge in [-0.3, -0.25) is 4.79 Å². The molecule has 2 heterocycles. The smallest absolute Gasteiger partial charge is 0.410 e. The Hall–Kier alpha value is -2.35. The van der Waals surface area contributed by atoms with Crippen LogP contribution in [0, 0.1) is 5.92 Å². The molecule has 1 saturated heterocycles. The van der Waals surface area contributed by atoms with Crippen LogP contribution < -0.4 is 4.74 Å². The lowest BCUT2D eigenvalue weighted by Crippen LogP contribution is -2.42. The Morgan fingerprint density at radius 3 is 2.52 bits per heavy atom. The molecule has 1 aliphatic rings. The number of ether oxygens (including phenoxy) is 4. The standard InChI is InChI=1S/C23H36N2O6/c1-6-28-19(15-21(26)29-7-2)18-8-11-24-20(14-18)30-16-17-9-12-25(13-10-17)22(27)31-23(3,4)5/h8,11,14,17,19H,6-7,9-10,12-13,15-16H2,1-5H3. The number of aromatic nitrogens is 1. The molecule has 0 bridgehead atoms. The largest absolute Gasteiger partial charge is 0.477 e. The first-order valence-electron chi connectivity index (χ1n) is 11.1. The summed E-state index contributed by atoms with van der Waals surface area (Å²) in [4.78, 5) is 30.1. The molecule has 1 aliphatic heterocycles. The molecule has 0 spiro atoms. The predicted molar refractivity (Wildman–Crippen MR) is 116 cm³/mol. The number of piperidine rings is 1. The molecule has 1 fully saturated rings. The van der Waals surface area contributed by atoms with Gasteiger partial charge >= 0.3 is 12.1 Å². The minimum absolute atomic E-state index is 0.147. The van der Waals surface area contributed by atoms with Crippen LogP contribution in [0.15, 0.2) is 18.3 Å². The summed E-state index contributed by atoms with van der Waals surface area (Å²) in [7, 11) is 0. The monoisotopic (exact) mass is 436 g/mol. The van der Waals surface area contributed by atoms with Gasteiger partial charge in [0.15, 0.2) is 0 Å². The van der Waals surface area contributed by atoms with Gasteiger partial charge in [-0.1, -0.05) is 0 Å². The molecule has 1 aromatic heterocycles. The predicted octanol–water partition coefficient (Wildman–Crippen LogP) is 4.14. The van der Waals surface area contributed by atoms with Crippen LogP contribution in [0.2, 0.25) is 0 Å². The zero-order chi connectivity index (χ0) is 22.9. The maximum absolute atomic E-state index is 12.2. The van der Waals surface area contributed by atoms with Gasteiger partial charge < -0.3 is 23.8 Å². The summed E-state index contributed by atoms with van der Waals surface area (Å²) >= 11 is 0. The molecule has 2 rings (SSSR count). The lowest BCUT2D eigenvalue weighted by molar-refractivity contribution is -0.146. The number of carbonyl (C=O) groups is 2. The van der Waals surface area contributed by atoms with Crippen molar-refractivity contribution in [3.8, 4) is 5.88 Å². The van der Waals surface area contributed by atoms with Crippen LogP contribution >= 0.6 is 0 Å². The fourth-order valence-electron chi connectivity index (χ4n) is 3.36. The van der Waals surface area contributed by atoms with Crippen LogP contribution in [-0.4, -0.2) is 60.5 Å². The number of amides is 1. The molecule has 1 amide bonds. The molecule has 0 N–H and O–H groups in total. The quantitative estimate of drug-likeness (QED) is 0.538. The Labute approximate surface area is 185 Å². The first-order valence-corrected chi connectivity index (χ1v) is 11.1. The van der Waals surface area contributed by atoms with Crippen LogP contribution in [-0.2, 0) is 19.0 Å². The second kappa shape index (κ2) is 11.9. The number of hydrogen-bond donors (Lipinski definition) is 0. The van der Waals surface area contributed by atoms with Crippen molar-refractivity contribution in [1.29, 1.82) is 0 Å². The second-order valence-electron chi connectivity index (χ2n) is 8.60. The third-order valence-corrected chi connectivity index (χ3v) is 4.89. The van der Waals surface area contributed by atoms with Crippen molar-refractivity contribution in [2.45, 2.75) is 65.6 Å². The van der Waals surface area contributed by atoms with Crippen molar-refractivity contribution < 1.29 is 28.5 Å². The van der Waals surface area contributed by atoms with Gasteiger partial charge in [0.05, 0.1) is 25.7 Å². The van der Waals surface area contributed by atoms with Gasteiger partial charge in [0.2, 0.25) is 5.88 Å². The van der Waals surface area contributed by atoms with E-state index in [2.05, 4.69) is 4.98 Å². The third-order valence-electron chi connectivity index (χ3n) is 4.89. The van der Waals surface area contributed by atoms with Crippen molar-refractivity contribution in [3.05, 3.63) is 23.9 Å². The molecule has 31 heavy (non-hydrogen) atoms. The molecule has 8 nitrogen and oxygen atoms in total. The van der Waals surface area contributed by atoms with Gasteiger partial charge in [-0.05, 0) is 65.0 Å². The molecule has 0 aromatic carbocycles. The summed E-state index contributed by atoms with van der Waals surface area (Å²) < 4.78 is 22.1. The van der Waals surface area contributed by atoms with Crippen molar-refractivity contribution in [2.24, 2.45) is 5.92 Å². The van der Waals surface area contributed by atoms with Gasteiger partial charge in [-0.15, -0.1) is 0 Å². The molecule has 8 heteroatoms. The Balaban J connectivity index is 1.86. The van der Waals surface area contributed by atoms with Crippen molar-refractivity contribution in [2.75, 3.05) is 32.9 Å². The highest BCUT2D eigenvalue weighted by Gasteiger charge is 2.27. The zero-order valence-corrected chi connectivity index (χ0v) is 19.4. The topological polar surface area (TPSA) is 87.2 Å². The molecule has 0 radical (unpaired) electrons. The van der Waals surface area contributed by atoms with E-state index in [1.807, 2.05) is 39.8 Å². The van der Waals surface area contributed by atoms with E-state index in [4.69, 9.17) is 18.9 Å². The zero-order valence-electron chi connectivity index (χ0n) is 19.4. The first-order chi connectivity index (χ1) is 14.7. The summed E-state index contributed by atoms with van der Waals surface area (Å²) in [6.45, 7) is 11.9. The first kappa shape index (κ1) is 24.9. The molecular formula is C23H36N2O6. The average molecular weight is 437 g/mol. The fraction of sp³-hybridized carbons (Fsp3) is 0.696. The summed E-state index contributed by atoms with van der Waals surface area (Å²) in [5.74, 6) is 0.545. The molecule has 0 aliphatic carbocycles. The number of esters is 1. The number of rotatable bonds is 9. The van der Waals surface area contributed by atoms with E-state index in [0.717, 1.165) is 18.4 Å². The average Bonchev–Trinajstić information content (AvgIpc) is 2.71. The highest BCUT2D eigenvalue weighted by molar-refractivity contribution is 5.70. The lowest BCUT2D eigenvalue weighted by atomic mass is 9.98. The van der Waals surface area contributed by atoms with Gasteiger partial charge in [-0.25, -0.2) is 9.78 Å². The summed E-state index contributed by atoms with van der Waals surface area (Å²) in [6, 6.07) is 3.64. The van der Waals surface area contributed by atoms with Crippen molar-refractivity contribution >= 4 is 12.1 Å². The van der Waals surface area contributed by atoms with E-state index in [-0.39, 0.29) is 18.5 Å². The van der Waals surface area contributed by atoms with E-state index in [1.165, 1.54) is 0 Å². The fourth-order valence-corrected chi connectivity index (χ4v) is 3.36. The van der Waals surface area contributed by atoms with Crippen LogP contribution in [0.4, 0.5) is 4.79 Å². The highest BCUT2D eigenvalue weighted by atomic mass is 16.6. The van der Waals surface area contributed by atoms with E-state index < -0.39 is 11.7 Å². The van der Waals surface area contributed by atoms with Gasteiger partial charge in [0.1, 0.15) is 5.60 Å². The Morgan fingerprint density at radius 2 is 1.90 bits per heavy atom. The minimum atomic E-state index is -0.486. The third kappa shape index (κ3) is 8.73. The highest BCUT2D eigenvalue weighted by Crippen LogP contribution is 2.25. The minimum Gasteiger partial charge on any atom is -0.477 e. The van der Waals surface area contributed by atoms with Gasteiger partial charge in [0.25, 0.3) is 0 Å². The van der Waals surface area contributed by atoms with Crippen molar-refractivity contribution in [1.82, 2.24) is 9.88 Å². The van der Waals surface area contributed by atoms with Gasteiger partial charge in [-0.2, -0.15) is 0 Å². The lowest BCUT2D eigenvalue weighted by Gasteiger charge is -2.33. The van der Waals surface area contributed by atoms with E-state index >= 15 is 0 Å². The van der Waals surface area contributed by atoms with E-state index in [0.29, 0.717) is 44.7 Å². The second-order valence-corrected chi connectivity index (χ2v) is 8.60. The van der Waals surface area contributed by atoms with E-state index in [1.54, 1.807) is 18.0 Å². The van der Waals surface area contributed by atoms with Crippen LogP contribution in [0.25, 0.3) is 0 Å². The number of nitrogens with zero attached hydrogens (tertiary/aromatic N) is 2. The molecular weight excluding hydrogens is 400 g/mol. The van der Waals surface area contributed by atoms with Crippen LogP contribution in [0.5, 0.6) is 5.88 Å². The molecule has 1 atom stereocenters. The number of hydrogen-bond acceptors (Lipinski definition) is 7. The number of pyridine rings is 1. The van der Waals surface area contributed by atoms with Crippen LogP contribution in [0.3, 0.4) is 0 Å². The summed E-state index contributed by atoms with van der Waals surface area (Å²) in [5, 5.41) is 0. The molecule has 0 saturated carbocycles. The Morgan fingerprint density at radius 1 is 1.19 bits per heavy atom. The molecule has 1 unspecified atom stereocenters. The molecule has 174 valence electrons. The maximum Gasteiger partial charge on any atom is 0.410 e. The van der Waals surface area contributed by atoms with E-state index in [9.17, 15) is 9.59 Å². The summed E-state index contributed by atoms with van der Waals surface area (Å²) in [6.07, 6.45) is 2.85. The SMILES string of the molecule is CCOC(=O)CC(OCC)c1ccnc(OCC2CCN(C(=O)OC(C)(C)C)CC2)c1. The van der Waals surface area contributed by atoms with Crippen LogP contribution in [0.1, 0.15) is 65.5 Å². The van der Waals surface area contributed by atoms with Crippen molar-refractivity contribution in [3.63, 3.8) is 0 Å². The Bertz CT molecular complexity index is 710. The normalized spacial score (nSPS) is 16.0. The summed E-state index contributed by atoms with van der Waals surface area (Å²) in [5.41, 5.74) is 0.347. The number of carbonyl (C=O) groups excluding carboxylic acids is 2. The Kier molecular flexibility index (Phi) is 9.55. The maximum atomic E-state index is 12.2.